The third-order valence-electron chi connectivity index (χ3n) is 4.26. The van der Waals surface area contributed by atoms with E-state index >= 15 is 0 Å². The number of fused-ring (bicyclic) bond motifs is 1. The number of nitrogens with zero attached hydrogens (tertiary/aromatic N) is 1. The van der Waals surface area contributed by atoms with E-state index in [0.717, 1.165) is 23.0 Å². The molecule has 0 spiro atoms. The number of para-hydroxylation sites is 1. The topological polar surface area (TPSA) is 46.1 Å². The number of aryl methyl sites for hydroxylation is 1. The number of allylic oxidation sites excluding steroid dienone is 1. The van der Waals surface area contributed by atoms with Gasteiger partial charge in [0.2, 0.25) is 0 Å². The molecule has 0 saturated heterocycles. The van der Waals surface area contributed by atoms with Crippen LogP contribution in [0.3, 0.4) is 0 Å². The highest BCUT2D eigenvalue weighted by Gasteiger charge is 2.09. The highest BCUT2D eigenvalue weighted by atomic mass is 16.2. The summed E-state index contributed by atoms with van der Waals surface area (Å²) >= 11 is 0. The summed E-state index contributed by atoms with van der Waals surface area (Å²) in [5.41, 5.74) is 3.45. The number of benzene rings is 1. The lowest BCUT2D eigenvalue weighted by Gasteiger charge is -2.13. The summed E-state index contributed by atoms with van der Waals surface area (Å²) in [4.78, 5) is 12.1. The van der Waals surface area contributed by atoms with Gasteiger partial charge >= 0.3 is 6.03 Å². The van der Waals surface area contributed by atoms with Crippen LogP contribution in [0.1, 0.15) is 32.1 Å². The highest BCUT2D eigenvalue weighted by Crippen LogP contribution is 2.24. The first kappa shape index (κ1) is 14.7. The SMILES string of the molecule is Cn1cc(NC(=O)NCCC2=CCCCC2)c2ccccc21. The third-order valence-corrected chi connectivity index (χ3v) is 4.26. The maximum Gasteiger partial charge on any atom is 0.319 e. The van der Waals surface area contributed by atoms with Gasteiger partial charge in [0.1, 0.15) is 0 Å². The first-order valence-corrected chi connectivity index (χ1v) is 8.01. The summed E-state index contributed by atoms with van der Waals surface area (Å²) in [5, 5.41) is 6.97. The lowest BCUT2D eigenvalue weighted by molar-refractivity contribution is 0.252. The van der Waals surface area contributed by atoms with E-state index in [4.69, 9.17) is 0 Å². The minimum absolute atomic E-state index is 0.132. The predicted molar refractivity (Wildman–Crippen MR) is 91.1 cm³/mol. The number of nitrogens with one attached hydrogen (secondary N) is 2. The van der Waals surface area contributed by atoms with Crippen molar-refractivity contribution >= 4 is 22.6 Å². The van der Waals surface area contributed by atoms with Gasteiger partial charge in [-0.2, -0.15) is 0 Å². The van der Waals surface area contributed by atoms with Gasteiger partial charge in [0, 0.05) is 30.7 Å². The van der Waals surface area contributed by atoms with Gasteiger partial charge in [-0.05, 0) is 38.2 Å². The quantitative estimate of drug-likeness (QED) is 0.817. The Kier molecular flexibility index (Phi) is 4.47. The zero-order valence-corrected chi connectivity index (χ0v) is 13.1. The minimum atomic E-state index is -0.132. The maximum atomic E-state index is 12.1. The van der Waals surface area contributed by atoms with Gasteiger partial charge in [0.05, 0.1) is 5.69 Å². The largest absolute Gasteiger partial charge is 0.348 e. The van der Waals surface area contributed by atoms with E-state index in [9.17, 15) is 4.79 Å². The van der Waals surface area contributed by atoms with Gasteiger partial charge < -0.3 is 15.2 Å². The molecule has 1 aliphatic rings. The molecule has 0 atom stereocenters. The molecule has 0 bridgehead atoms. The molecule has 116 valence electrons. The van der Waals surface area contributed by atoms with Crippen LogP contribution in [0.15, 0.2) is 42.1 Å². The lowest BCUT2D eigenvalue weighted by Crippen LogP contribution is -2.29. The van der Waals surface area contributed by atoms with Crippen LogP contribution < -0.4 is 10.6 Å². The molecular weight excluding hydrogens is 274 g/mol. The van der Waals surface area contributed by atoms with Gasteiger partial charge in [0.25, 0.3) is 0 Å². The molecule has 0 aliphatic heterocycles. The van der Waals surface area contributed by atoms with Crippen LogP contribution in [-0.2, 0) is 7.05 Å². The lowest BCUT2D eigenvalue weighted by atomic mass is 9.97. The summed E-state index contributed by atoms with van der Waals surface area (Å²) < 4.78 is 2.03. The van der Waals surface area contributed by atoms with Crippen molar-refractivity contribution in [1.82, 2.24) is 9.88 Å². The van der Waals surface area contributed by atoms with Crippen molar-refractivity contribution in [3.63, 3.8) is 0 Å². The normalized spacial score (nSPS) is 14.7. The molecule has 4 nitrogen and oxygen atoms in total. The summed E-state index contributed by atoms with van der Waals surface area (Å²) in [6.07, 6.45) is 10.2. The van der Waals surface area contributed by atoms with Gasteiger partial charge in [-0.3, -0.25) is 0 Å². The van der Waals surface area contributed by atoms with E-state index < -0.39 is 0 Å². The van der Waals surface area contributed by atoms with Gasteiger partial charge in [-0.25, -0.2) is 4.79 Å². The van der Waals surface area contributed by atoms with E-state index in [0.29, 0.717) is 6.54 Å². The van der Waals surface area contributed by atoms with Crippen LogP contribution in [0.25, 0.3) is 10.9 Å². The molecule has 0 fully saturated rings. The summed E-state index contributed by atoms with van der Waals surface area (Å²) in [5.74, 6) is 0. The average Bonchev–Trinajstić information content (AvgIpc) is 2.85. The zero-order valence-electron chi connectivity index (χ0n) is 13.1. The second-order valence-electron chi connectivity index (χ2n) is 5.91. The van der Waals surface area contributed by atoms with E-state index in [2.05, 4.69) is 16.7 Å². The summed E-state index contributed by atoms with van der Waals surface area (Å²) in [6.45, 7) is 0.697. The van der Waals surface area contributed by atoms with Crippen molar-refractivity contribution in [3.05, 3.63) is 42.1 Å². The van der Waals surface area contributed by atoms with Crippen LogP contribution in [0.5, 0.6) is 0 Å². The molecule has 1 aromatic heterocycles. The Bertz CT molecular complexity index is 699. The van der Waals surface area contributed by atoms with Crippen LogP contribution in [0, 0.1) is 0 Å². The van der Waals surface area contributed by atoms with Crippen LogP contribution in [-0.4, -0.2) is 17.1 Å². The van der Waals surface area contributed by atoms with Gasteiger partial charge in [-0.15, -0.1) is 0 Å². The molecular formula is C18H23N3O. The van der Waals surface area contributed by atoms with Gasteiger partial charge in [0.15, 0.2) is 0 Å². The number of carbonyl (C=O) groups is 1. The van der Waals surface area contributed by atoms with Crippen molar-refractivity contribution < 1.29 is 4.79 Å². The molecule has 1 aromatic carbocycles. The van der Waals surface area contributed by atoms with Crippen molar-refractivity contribution in [2.75, 3.05) is 11.9 Å². The maximum absolute atomic E-state index is 12.1. The Morgan fingerprint density at radius 3 is 2.95 bits per heavy atom. The molecule has 3 rings (SSSR count). The Morgan fingerprint density at radius 1 is 1.27 bits per heavy atom. The molecule has 2 amide bonds. The fourth-order valence-corrected chi connectivity index (χ4v) is 3.08. The van der Waals surface area contributed by atoms with Crippen molar-refractivity contribution in [3.8, 4) is 0 Å². The van der Waals surface area contributed by atoms with E-state index in [1.165, 1.54) is 31.3 Å². The average molecular weight is 297 g/mol. The molecule has 22 heavy (non-hydrogen) atoms. The molecule has 0 radical (unpaired) electrons. The molecule has 0 saturated carbocycles. The molecule has 1 heterocycles. The first-order chi connectivity index (χ1) is 10.7. The number of rotatable bonds is 4. The zero-order chi connectivity index (χ0) is 15.4. The number of carbonyl (C=O) groups excluding carboxylic acids is 1. The summed E-state index contributed by atoms with van der Waals surface area (Å²) in [7, 11) is 1.99. The Morgan fingerprint density at radius 2 is 2.14 bits per heavy atom. The Labute approximate surface area is 131 Å². The van der Waals surface area contributed by atoms with Crippen LogP contribution in [0.4, 0.5) is 10.5 Å². The molecule has 2 N–H and O–H groups in total. The Hall–Kier alpha value is -2.23. The molecule has 0 unspecified atom stereocenters. The van der Waals surface area contributed by atoms with Crippen LogP contribution in [0.2, 0.25) is 0 Å². The molecule has 2 aromatic rings. The van der Waals surface area contributed by atoms with Crippen LogP contribution >= 0.6 is 0 Å². The number of urea groups is 1. The van der Waals surface area contributed by atoms with E-state index in [1.807, 2.05) is 42.1 Å². The van der Waals surface area contributed by atoms with Gasteiger partial charge in [-0.1, -0.05) is 29.8 Å². The number of anilines is 1. The number of amides is 2. The number of hydrogen-bond acceptors (Lipinski definition) is 1. The van der Waals surface area contributed by atoms with Crippen molar-refractivity contribution in [2.24, 2.45) is 7.05 Å². The number of hydrogen-bond donors (Lipinski definition) is 2. The fraction of sp³-hybridized carbons (Fsp3) is 0.389. The molecule has 1 aliphatic carbocycles. The van der Waals surface area contributed by atoms with Crippen molar-refractivity contribution in [2.45, 2.75) is 32.1 Å². The second kappa shape index (κ2) is 6.69. The minimum Gasteiger partial charge on any atom is -0.348 e. The highest BCUT2D eigenvalue weighted by molar-refractivity contribution is 6.01. The first-order valence-electron chi connectivity index (χ1n) is 8.01. The van der Waals surface area contributed by atoms with E-state index in [1.54, 1.807) is 0 Å². The smallest absolute Gasteiger partial charge is 0.319 e. The second-order valence-corrected chi connectivity index (χ2v) is 5.91. The summed E-state index contributed by atoms with van der Waals surface area (Å²) in [6, 6.07) is 7.93. The third kappa shape index (κ3) is 3.32. The number of aromatic nitrogens is 1. The van der Waals surface area contributed by atoms with E-state index in [-0.39, 0.29) is 6.03 Å². The predicted octanol–water partition coefficient (Wildman–Crippen LogP) is 4.19. The van der Waals surface area contributed by atoms with Crippen molar-refractivity contribution in [1.29, 1.82) is 0 Å². The fourth-order valence-electron chi connectivity index (χ4n) is 3.08. The Balaban J connectivity index is 1.56. The monoisotopic (exact) mass is 297 g/mol. The standard InChI is InChI=1S/C18H23N3O/c1-21-13-16(15-9-5-6-10-17(15)21)20-18(22)19-12-11-14-7-3-2-4-8-14/h5-7,9-10,13H,2-4,8,11-12H2,1H3,(H2,19,20,22). The molecule has 4 heteroatoms.